The molecule has 2 N–H and O–H groups in total. The molecular formula is C12H15Cl2NO3. The minimum Gasteiger partial charge on any atom is -0.394 e. The van der Waals surface area contributed by atoms with Crippen molar-refractivity contribution in [3.8, 4) is 0 Å². The molecule has 0 aliphatic rings. The van der Waals surface area contributed by atoms with Crippen LogP contribution in [0.3, 0.4) is 0 Å². The highest BCUT2D eigenvalue weighted by Crippen LogP contribution is 2.22. The number of rotatable bonds is 8. The molecule has 100 valence electrons. The zero-order valence-corrected chi connectivity index (χ0v) is 11.3. The molecule has 0 radical (unpaired) electrons. The number of ether oxygens (including phenoxy) is 1. The summed E-state index contributed by atoms with van der Waals surface area (Å²) in [6.45, 7) is 1.52. The fourth-order valence-electron chi connectivity index (χ4n) is 1.28. The van der Waals surface area contributed by atoms with Gasteiger partial charge in [-0.2, -0.15) is 0 Å². The van der Waals surface area contributed by atoms with Crippen molar-refractivity contribution in [1.82, 2.24) is 5.32 Å². The summed E-state index contributed by atoms with van der Waals surface area (Å²) in [4.78, 5) is 11.8. The Morgan fingerprint density at radius 2 is 2.06 bits per heavy atom. The number of nitrogens with one attached hydrogen (secondary N) is 1. The van der Waals surface area contributed by atoms with E-state index in [0.29, 0.717) is 35.4 Å². The van der Waals surface area contributed by atoms with Crippen LogP contribution in [0.25, 0.3) is 0 Å². The van der Waals surface area contributed by atoms with Crippen LogP contribution in [0.2, 0.25) is 10.0 Å². The maximum atomic E-state index is 11.8. The molecule has 4 nitrogen and oxygen atoms in total. The van der Waals surface area contributed by atoms with Crippen molar-refractivity contribution < 1.29 is 14.6 Å². The highest BCUT2D eigenvalue weighted by Gasteiger charge is 2.07. The number of aliphatic hydroxyl groups excluding tert-OH is 1. The molecule has 6 heteroatoms. The molecule has 1 rings (SSSR count). The Morgan fingerprint density at radius 1 is 1.28 bits per heavy atom. The standard InChI is InChI=1S/C12H15Cl2NO3/c13-10-2-1-9(7-11(10)14)12(17)8-15-3-5-18-6-4-16/h1-2,7,15-16H,3-6,8H2. The van der Waals surface area contributed by atoms with Gasteiger partial charge in [0.2, 0.25) is 0 Å². The lowest BCUT2D eigenvalue weighted by atomic mass is 10.1. The molecule has 0 amide bonds. The third-order valence-corrected chi connectivity index (χ3v) is 2.92. The summed E-state index contributed by atoms with van der Waals surface area (Å²) in [5.74, 6) is -0.0595. The average Bonchev–Trinajstić information content (AvgIpc) is 2.36. The zero-order valence-electron chi connectivity index (χ0n) is 9.79. The number of Topliss-reactive ketones (excluding diaryl/α,β-unsaturated/α-hetero) is 1. The molecule has 0 unspecified atom stereocenters. The highest BCUT2D eigenvalue weighted by atomic mass is 35.5. The zero-order chi connectivity index (χ0) is 13.4. The largest absolute Gasteiger partial charge is 0.394 e. The van der Waals surface area contributed by atoms with Crippen LogP contribution < -0.4 is 5.32 Å². The maximum absolute atomic E-state index is 11.8. The first-order valence-electron chi connectivity index (χ1n) is 5.52. The average molecular weight is 292 g/mol. The SMILES string of the molecule is O=C(CNCCOCCO)c1ccc(Cl)c(Cl)c1. The van der Waals surface area contributed by atoms with Crippen molar-refractivity contribution in [2.24, 2.45) is 0 Å². The number of hydrogen-bond donors (Lipinski definition) is 2. The van der Waals surface area contributed by atoms with Gasteiger partial charge in [-0.15, -0.1) is 0 Å². The third kappa shape index (κ3) is 5.33. The third-order valence-electron chi connectivity index (χ3n) is 2.19. The Kier molecular flexibility index (Phi) is 7.23. The Labute approximate surface area is 116 Å². The summed E-state index contributed by atoms with van der Waals surface area (Å²) in [7, 11) is 0. The summed E-state index contributed by atoms with van der Waals surface area (Å²) in [5, 5.41) is 12.2. The first-order valence-corrected chi connectivity index (χ1v) is 6.28. The molecule has 1 aromatic carbocycles. The number of hydrogen-bond acceptors (Lipinski definition) is 4. The van der Waals surface area contributed by atoms with E-state index in [9.17, 15) is 4.79 Å². The van der Waals surface area contributed by atoms with Crippen LogP contribution in [-0.4, -0.2) is 43.8 Å². The van der Waals surface area contributed by atoms with E-state index < -0.39 is 0 Å². The Balaban J connectivity index is 2.30. The quantitative estimate of drug-likeness (QED) is 0.566. The van der Waals surface area contributed by atoms with Crippen molar-refractivity contribution >= 4 is 29.0 Å². The van der Waals surface area contributed by atoms with Crippen LogP contribution in [0.15, 0.2) is 18.2 Å². The van der Waals surface area contributed by atoms with E-state index in [1.807, 2.05) is 0 Å². The van der Waals surface area contributed by atoms with E-state index in [-0.39, 0.29) is 18.9 Å². The second-order valence-corrected chi connectivity index (χ2v) is 4.38. The molecule has 0 saturated heterocycles. The fraction of sp³-hybridized carbons (Fsp3) is 0.417. The lowest BCUT2D eigenvalue weighted by Crippen LogP contribution is -2.26. The monoisotopic (exact) mass is 291 g/mol. The number of halogens is 2. The number of benzene rings is 1. The second-order valence-electron chi connectivity index (χ2n) is 3.56. The minimum absolute atomic E-state index is 0.00219. The van der Waals surface area contributed by atoms with Crippen LogP contribution in [0.1, 0.15) is 10.4 Å². The topological polar surface area (TPSA) is 58.6 Å². The minimum atomic E-state index is -0.0595. The molecule has 0 saturated carbocycles. The molecule has 0 bridgehead atoms. The number of aliphatic hydroxyl groups is 1. The molecule has 0 aliphatic carbocycles. The van der Waals surface area contributed by atoms with Crippen LogP contribution in [0.4, 0.5) is 0 Å². The predicted molar refractivity (Wildman–Crippen MR) is 71.6 cm³/mol. The van der Waals surface area contributed by atoms with E-state index in [4.69, 9.17) is 33.0 Å². The number of carbonyl (C=O) groups excluding carboxylic acids is 1. The van der Waals surface area contributed by atoms with Gasteiger partial charge in [0.15, 0.2) is 5.78 Å². The van der Waals surface area contributed by atoms with Gasteiger partial charge >= 0.3 is 0 Å². The summed E-state index contributed by atoms with van der Waals surface area (Å²) in [6, 6.07) is 4.79. The molecular weight excluding hydrogens is 277 g/mol. The molecule has 0 fully saturated rings. The lowest BCUT2D eigenvalue weighted by Gasteiger charge is -2.05. The van der Waals surface area contributed by atoms with E-state index in [1.165, 1.54) is 0 Å². The van der Waals surface area contributed by atoms with Gasteiger partial charge in [0, 0.05) is 12.1 Å². The summed E-state index contributed by atoms with van der Waals surface area (Å²) in [6.07, 6.45) is 0. The summed E-state index contributed by atoms with van der Waals surface area (Å²) in [5.41, 5.74) is 0.521. The summed E-state index contributed by atoms with van der Waals surface area (Å²) < 4.78 is 5.04. The van der Waals surface area contributed by atoms with Gasteiger partial charge < -0.3 is 15.2 Å². The first kappa shape index (κ1) is 15.4. The Bertz CT molecular complexity index is 399. The van der Waals surface area contributed by atoms with Crippen LogP contribution >= 0.6 is 23.2 Å². The van der Waals surface area contributed by atoms with Gasteiger partial charge in [-0.25, -0.2) is 0 Å². The van der Waals surface area contributed by atoms with Crippen molar-refractivity contribution in [2.75, 3.05) is 32.9 Å². The van der Waals surface area contributed by atoms with Crippen molar-refractivity contribution in [3.05, 3.63) is 33.8 Å². The van der Waals surface area contributed by atoms with Crippen LogP contribution in [0, 0.1) is 0 Å². The van der Waals surface area contributed by atoms with Crippen LogP contribution in [0.5, 0.6) is 0 Å². The maximum Gasteiger partial charge on any atom is 0.176 e. The summed E-state index contributed by atoms with van der Waals surface area (Å²) >= 11 is 11.6. The molecule has 0 atom stereocenters. The Morgan fingerprint density at radius 3 is 2.72 bits per heavy atom. The van der Waals surface area contributed by atoms with Crippen LogP contribution in [-0.2, 0) is 4.74 Å². The van der Waals surface area contributed by atoms with Crippen molar-refractivity contribution in [3.63, 3.8) is 0 Å². The second kappa shape index (κ2) is 8.45. The lowest BCUT2D eigenvalue weighted by molar-refractivity contribution is 0.0906. The molecule has 1 aromatic rings. The number of ketones is 1. The van der Waals surface area contributed by atoms with Gasteiger partial charge in [0.25, 0.3) is 0 Å². The Hall–Kier alpha value is -0.650. The molecule has 0 heterocycles. The predicted octanol–water partition coefficient (Wildman–Crippen LogP) is 1.77. The van der Waals surface area contributed by atoms with E-state index in [1.54, 1.807) is 18.2 Å². The van der Waals surface area contributed by atoms with Crippen molar-refractivity contribution in [1.29, 1.82) is 0 Å². The van der Waals surface area contributed by atoms with E-state index in [0.717, 1.165) is 0 Å². The van der Waals surface area contributed by atoms with Crippen molar-refractivity contribution in [2.45, 2.75) is 0 Å². The highest BCUT2D eigenvalue weighted by molar-refractivity contribution is 6.42. The van der Waals surface area contributed by atoms with Gasteiger partial charge in [-0.05, 0) is 18.2 Å². The smallest absolute Gasteiger partial charge is 0.176 e. The van der Waals surface area contributed by atoms with E-state index in [2.05, 4.69) is 5.32 Å². The van der Waals surface area contributed by atoms with Gasteiger partial charge in [-0.3, -0.25) is 4.79 Å². The molecule has 0 spiro atoms. The normalized spacial score (nSPS) is 10.6. The molecule has 18 heavy (non-hydrogen) atoms. The van der Waals surface area contributed by atoms with E-state index >= 15 is 0 Å². The van der Waals surface area contributed by atoms with Gasteiger partial charge in [0.1, 0.15) is 0 Å². The van der Waals surface area contributed by atoms with Gasteiger partial charge in [0.05, 0.1) is 36.4 Å². The molecule has 0 aromatic heterocycles. The fourth-order valence-corrected chi connectivity index (χ4v) is 1.58. The first-order chi connectivity index (χ1) is 8.65. The van der Waals surface area contributed by atoms with Gasteiger partial charge in [-0.1, -0.05) is 23.2 Å². The molecule has 0 aliphatic heterocycles. The number of carbonyl (C=O) groups is 1.